The summed E-state index contributed by atoms with van der Waals surface area (Å²) < 4.78 is 23.9. The molecule has 7 heteroatoms. The number of nitrogens with zero attached hydrogens (tertiary/aromatic N) is 2. The van der Waals surface area contributed by atoms with Crippen molar-refractivity contribution < 1.29 is 8.42 Å². The van der Waals surface area contributed by atoms with Crippen molar-refractivity contribution in [2.45, 2.75) is 6.42 Å². The monoisotopic (exact) mass is 319 g/mol. The van der Waals surface area contributed by atoms with Crippen LogP contribution in [0, 0.1) is 0 Å². The predicted molar refractivity (Wildman–Crippen MR) is 71.8 cm³/mol. The van der Waals surface area contributed by atoms with Crippen molar-refractivity contribution in [2.75, 3.05) is 35.2 Å². The number of nitrogen functional groups attached to an aromatic ring is 1. The third-order valence-electron chi connectivity index (χ3n) is 2.77. The van der Waals surface area contributed by atoms with Gasteiger partial charge in [0.2, 0.25) is 0 Å². The molecule has 2 N–H and O–H groups in total. The number of hydrogen-bond donors (Lipinski definition) is 1. The second-order valence-corrected chi connectivity index (χ2v) is 7.21. The Balaban J connectivity index is 2.29. The number of aromatic nitrogens is 1. The number of rotatable bonds is 1. The number of nitrogens with two attached hydrogens (primary N) is 1. The van der Waals surface area contributed by atoms with Crippen LogP contribution in [-0.2, 0) is 9.84 Å². The van der Waals surface area contributed by atoms with E-state index in [9.17, 15) is 8.42 Å². The van der Waals surface area contributed by atoms with E-state index in [0.29, 0.717) is 25.2 Å². The number of sulfone groups is 1. The fourth-order valence-electron chi connectivity index (χ4n) is 1.94. The smallest absolute Gasteiger partial charge is 0.152 e. The Morgan fingerprint density at radius 3 is 2.76 bits per heavy atom. The third-order valence-corrected chi connectivity index (χ3v) is 5.07. The normalized spacial score (nSPS) is 19.9. The molecule has 0 saturated carbocycles. The van der Waals surface area contributed by atoms with Crippen molar-refractivity contribution in [3.8, 4) is 0 Å². The second kappa shape index (κ2) is 4.81. The van der Waals surface area contributed by atoms with E-state index in [4.69, 9.17) is 5.73 Å². The highest BCUT2D eigenvalue weighted by atomic mass is 79.9. The molecular weight excluding hydrogens is 306 g/mol. The summed E-state index contributed by atoms with van der Waals surface area (Å²) in [5.41, 5.74) is 7.30. The van der Waals surface area contributed by atoms with Crippen molar-refractivity contribution in [1.82, 2.24) is 4.98 Å². The molecule has 2 heterocycles. The summed E-state index contributed by atoms with van der Waals surface area (Å²) in [5.74, 6) is 0.438. The molecule has 0 unspecified atom stereocenters. The molecule has 0 amide bonds. The van der Waals surface area contributed by atoms with E-state index in [1.807, 2.05) is 4.90 Å². The number of halogens is 1. The SMILES string of the molecule is Nc1cncc(Br)c1N1CCCS(=O)(=O)CC1. The molecule has 0 spiro atoms. The first-order valence-corrected chi connectivity index (χ1v) is 7.95. The highest BCUT2D eigenvalue weighted by Crippen LogP contribution is 2.31. The molecule has 17 heavy (non-hydrogen) atoms. The van der Waals surface area contributed by atoms with Gasteiger partial charge in [-0.2, -0.15) is 0 Å². The van der Waals surface area contributed by atoms with Gasteiger partial charge >= 0.3 is 0 Å². The quantitative estimate of drug-likeness (QED) is 0.837. The van der Waals surface area contributed by atoms with Crippen LogP contribution in [0.25, 0.3) is 0 Å². The molecule has 0 aliphatic carbocycles. The molecule has 0 radical (unpaired) electrons. The molecule has 1 aromatic heterocycles. The van der Waals surface area contributed by atoms with Crippen LogP contribution in [0.3, 0.4) is 0 Å². The number of anilines is 2. The Bertz CT molecular complexity index is 498. The van der Waals surface area contributed by atoms with Gasteiger partial charge in [0.05, 0.1) is 33.6 Å². The molecule has 2 rings (SSSR count). The molecule has 1 aliphatic rings. The molecule has 1 aromatic rings. The van der Waals surface area contributed by atoms with Crippen LogP contribution in [0.2, 0.25) is 0 Å². The van der Waals surface area contributed by atoms with E-state index >= 15 is 0 Å². The largest absolute Gasteiger partial charge is 0.396 e. The van der Waals surface area contributed by atoms with Crippen molar-refractivity contribution in [1.29, 1.82) is 0 Å². The van der Waals surface area contributed by atoms with Gasteiger partial charge in [-0.25, -0.2) is 8.42 Å². The zero-order valence-corrected chi connectivity index (χ0v) is 11.7. The van der Waals surface area contributed by atoms with Crippen molar-refractivity contribution in [2.24, 2.45) is 0 Å². The van der Waals surface area contributed by atoms with Crippen LogP contribution >= 0.6 is 15.9 Å². The Morgan fingerprint density at radius 1 is 1.29 bits per heavy atom. The van der Waals surface area contributed by atoms with Gasteiger partial charge in [0.15, 0.2) is 9.84 Å². The lowest BCUT2D eigenvalue weighted by atomic mass is 10.3. The standard InChI is InChI=1S/C10H14BrN3O2S/c11-8-6-13-7-9(12)10(8)14-2-1-4-17(15,16)5-3-14/h6-7H,1-5,12H2. The van der Waals surface area contributed by atoms with E-state index in [2.05, 4.69) is 20.9 Å². The molecule has 1 saturated heterocycles. The van der Waals surface area contributed by atoms with Gasteiger partial charge in [0, 0.05) is 19.3 Å². The van der Waals surface area contributed by atoms with Crippen LogP contribution in [-0.4, -0.2) is 38.0 Å². The van der Waals surface area contributed by atoms with E-state index in [-0.39, 0.29) is 11.5 Å². The molecule has 5 nitrogen and oxygen atoms in total. The van der Waals surface area contributed by atoms with Crippen LogP contribution in [0.15, 0.2) is 16.9 Å². The van der Waals surface area contributed by atoms with Gasteiger partial charge in [0.1, 0.15) is 0 Å². The lowest BCUT2D eigenvalue weighted by molar-refractivity contribution is 0.597. The maximum Gasteiger partial charge on any atom is 0.152 e. The highest BCUT2D eigenvalue weighted by molar-refractivity contribution is 9.10. The minimum absolute atomic E-state index is 0.182. The summed E-state index contributed by atoms with van der Waals surface area (Å²) in [7, 11) is -2.90. The first-order valence-electron chi connectivity index (χ1n) is 5.34. The summed E-state index contributed by atoms with van der Waals surface area (Å²) in [6.45, 7) is 1.18. The molecule has 0 aromatic carbocycles. The van der Waals surface area contributed by atoms with Gasteiger partial charge in [-0.3, -0.25) is 4.98 Å². The Labute approximate surface area is 109 Å². The van der Waals surface area contributed by atoms with E-state index in [1.54, 1.807) is 12.4 Å². The average molecular weight is 320 g/mol. The first kappa shape index (κ1) is 12.6. The summed E-state index contributed by atoms with van der Waals surface area (Å²) in [5, 5.41) is 0. The maximum atomic E-state index is 11.5. The van der Waals surface area contributed by atoms with Crippen LogP contribution in [0.4, 0.5) is 11.4 Å². The van der Waals surface area contributed by atoms with Crippen LogP contribution in [0.5, 0.6) is 0 Å². The lowest BCUT2D eigenvalue weighted by Gasteiger charge is -2.24. The Hall–Kier alpha value is -0.820. The van der Waals surface area contributed by atoms with Gasteiger partial charge in [-0.1, -0.05) is 0 Å². The molecule has 94 valence electrons. The van der Waals surface area contributed by atoms with Gasteiger partial charge in [-0.05, 0) is 22.4 Å². The zero-order chi connectivity index (χ0) is 12.5. The van der Waals surface area contributed by atoms with E-state index in [0.717, 1.165) is 10.2 Å². The minimum atomic E-state index is -2.90. The molecule has 0 bridgehead atoms. The molecule has 0 atom stereocenters. The Kier molecular flexibility index (Phi) is 3.58. The zero-order valence-electron chi connectivity index (χ0n) is 9.26. The number of pyridine rings is 1. The fourth-order valence-corrected chi connectivity index (χ4v) is 3.81. The first-order chi connectivity index (χ1) is 7.99. The topological polar surface area (TPSA) is 76.3 Å². The summed E-state index contributed by atoms with van der Waals surface area (Å²) in [4.78, 5) is 5.98. The summed E-state index contributed by atoms with van der Waals surface area (Å²) >= 11 is 3.40. The van der Waals surface area contributed by atoms with E-state index < -0.39 is 9.84 Å². The van der Waals surface area contributed by atoms with Gasteiger partial charge in [0.25, 0.3) is 0 Å². The van der Waals surface area contributed by atoms with Crippen molar-refractivity contribution in [3.05, 3.63) is 16.9 Å². The predicted octanol–water partition coefficient (Wildman–Crippen LogP) is 1.05. The third kappa shape index (κ3) is 2.90. The number of hydrogen-bond acceptors (Lipinski definition) is 5. The lowest BCUT2D eigenvalue weighted by Crippen LogP contribution is -2.28. The van der Waals surface area contributed by atoms with E-state index in [1.165, 1.54) is 0 Å². The molecule has 1 aliphatic heterocycles. The second-order valence-electron chi connectivity index (χ2n) is 4.05. The Morgan fingerprint density at radius 2 is 2.06 bits per heavy atom. The fraction of sp³-hybridized carbons (Fsp3) is 0.500. The van der Waals surface area contributed by atoms with Crippen molar-refractivity contribution in [3.63, 3.8) is 0 Å². The minimum Gasteiger partial charge on any atom is -0.396 e. The van der Waals surface area contributed by atoms with Crippen molar-refractivity contribution >= 4 is 37.1 Å². The van der Waals surface area contributed by atoms with Gasteiger partial charge in [-0.15, -0.1) is 0 Å². The summed E-state index contributed by atoms with van der Waals surface area (Å²) in [6, 6.07) is 0. The summed E-state index contributed by atoms with van der Waals surface area (Å²) in [6.07, 6.45) is 3.89. The molecular formula is C10H14BrN3O2S. The molecule has 1 fully saturated rings. The maximum absolute atomic E-state index is 11.5. The van der Waals surface area contributed by atoms with Crippen LogP contribution < -0.4 is 10.6 Å². The highest BCUT2D eigenvalue weighted by Gasteiger charge is 2.21. The van der Waals surface area contributed by atoms with Crippen LogP contribution in [0.1, 0.15) is 6.42 Å². The van der Waals surface area contributed by atoms with Gasteiger partial charge < -0.3 is 10.6 Å². The average Bonchev–Trinajstić information content (AvgIpc) is 2.40.